The summed E-state index contributed by atoms with van der Waals surface area (Å²) in [6.45, 7) is 4.24. The van der Waals surface area contributed by atoms with E-state index in [1.807, 2.05) is 0 Å². The van der Waals surface area contributed by atoms with Gasteiger partial charge in [0.25, 0.3) is 0 Å². The maximum atomic E-state index is 12.0. The summed E-state index contributed by atoms with van der Waals surface area (Å²) in [6.07, 6.45) is 3.50. The van der Waals surface area contributed by atoms with Crippen LogP contribution in [0, 0.1) is 0 Å². The molecule has 5 nitrogen and oxygen atoms in total. The van der Waals surface area contributed by atoms with E-state index in [4.69, 9.17) is 4.43 Å². The molecule has 0 heterocycles. The van der Waals surface area contributed by atoms with Crippen LogP contribution in [0.15, 0.2) is 4.40 Å². The van der Waals surface area contributed by atoms with Crippen LogP contribution < -0.4 is 5.11 Å². The van der Waals surface area contributed by atoms with Crippen molar-refractivity contribution in [1.82, 2.24) is 0 Å². The molecule has 0 bridgehead atoms. The Bertz CT molecular complexity index is 463. The summed E-state index contributed by atoms with van der Waals surface area (Å²) in [5, 5.41) is 11.1. The smallest absolute Gasteiger partial charge is 0.518 e. The Balaban J connectivity index is 3.94. The van der Waals surface area contributed by atoms with Crippen molar-refractivity contribution in [3.8, 4) is 0 Å². The van der Waals surface area contributed by atoms with Gasteiger partial charge in [-0.15, -0.1) is 0 Å². The fraction of sp³-hybridized carbons (Fsp3) is 0.917. The number of alkyl halides is 3. The first-order valence-electron chi connectivity index (χ1n) is 7.03. The third-order valence-electron chi connectivity index (χ3n) is 3.24. The normalized spacial score (nSPS) is 14.4. The van der Waals surface area contributed by atoms with Gasteiger partial charge < -0.3 is 9.53 Å². The number of sulfonamides is 1. The number of hydrogen-bond acceptors (Lipinski definition) is 4. The van der Waals surface area contributed by atoms with Crippen molar-refractivity contribution in [2.45, 2.75) is 63.2 Å². The van der Waals surface area contributed by atoms with Crippen LogP contribution in [0.3, 0.4) is 0 Å². The zero-order chi connectivity index (χ0) is 17.4. The van der Waals surface area contributed by atoms with E-state index in [0.29, 0.717) is 12.8 Å². The summed E-state index contributed by atoms with van der Waals surface area (Å²) in [4.78, 5) is 0. The highest BCUT2D eigenvalue weighted by molar-refractivity contribution is 7.91. The Morgan fingerprint density at radius 3 is 2.14 bits per heavy atom. The van der Waals surface area contributed by atoms with Crippen molar-refractivity contribution in [1.29, 1.82) is 0 Å². The maximum absolute atomic E-state index is 12.0. The monoisotopic (exact) mass is 362 g/mol. The Labute approximate surface area is 130 Å². The predicted molar refractivity (Wildman–Crippen MR) is 79.4 cm³/mol. The minimum atomic E-state index is -5.70. The van der Waals surface area contributed by atoms with Crippen LogP contribution in [0.4, 0.5) is 13.2 Å². The molecule has 0 aliphatic heterocycles. The van der Waals surface area contributed by atoms with Crippen LogP contribution in [0.2, 0.25) is 19.1 Å². The van der Waals surface area contributed by atoms with Gasteiger partial charge in [0, 0.05) is 7.11 Å². The SMILES string of the molecule is CO[Si](C)(C)CCCCCCC/C([O-])=N\S(=O)(=O)C(F)(F)F. The Morgan fingerprint density at radius 2 is 1.64 bits per heavy atom. The first kappa shape index (κ1) is 21.4. The quantitative estimate of drug-likeness (QED) is 0.259. The fourth-order valence-corrected chi connectivity index (χ4v) is 3.46. The van der Waals surface area contributed by atoms with Gasteiger partial charge in [0.1, 0.15) is 0 Å². The molecule has 0 aliphatic rings. The predicted octanol–water partition coefficient (Wildman–Crippen LogP) is 2.79. The molecule has 132 valence electrons. The Morgan fingerprint density at radius 1 is 1.14 bits per heavy atom. The highest BCUT2D eigenvalue weighted by Crippen LogP contribution is 2.24. The lowest BCUT2D eigenvalue weighted by Crippen LogP contribution is -2.27. The van der Waals surface area contributed by atoms with Gasteiger partial charge in [-0.1, -0.05) is 25.7 Å². The number of unbranched alkanes of at least 4 members (excludes halogenated alkanes) is 4. The molecule has 10 heteroatoms. The minimum Gasteiger partial charge on any atom is -0.861 e. The second kappa shape index (κ2) is 8.87. The third kappa shape index (κ3) is 8.74. The summed E-state index contributed by atoms with van der Waals surface area (Å²) in [5.41, 5.74) is -5.51. The van der Waals surface area contributed by atoms with Crippen LogP contribution in [-0.2, 0) is 14.4 Å². The van der Waals surface area contributed by atoms with Gasteiger partial charge >= 0.3 is 15.5 Å². The van der Waals surface area contributed by atoms with Gasteiger partial charge in [0.15, 0.2) is 8.32 Å². The molecule has 0 aromatic rings. The molecule has 0 saturated carbocycles. The van der Waals surface area contributed by atoms with E-state index in [-0.39, 0.29) is 6.42 Å². The zero-order valence-electron chi connectivity index (χ0n) is 13.1. The van der Waals surface area contributed by atoms with Gasteiger partial charge in [-0.2, -0.15) is 26.0 Å². The van der Waals surface area contributed by atoms with Crippen molar-refractivity contribution in [3.05, 3.63) is 0 Å². The highest BCUT2D eigenvalue weighted by atomic mass is 32.2. The molecule has 0 N–H and O–H groups in total. The molecule has 0 aromatic carbocycles. The van der Waals surface area contributed by atoms with E-state index in [0.717, 1.165) is 25.3 Å². The first-order chi connectivity index (χ1) is 9.91. The van der Waals surface area contributed by atoms with E-state index in [9.17, 15) is 26.7 Å². The summed E-state index contributed by atoms with van der Waals surface area (Å²) in [5.74, 6) is -1.25. The third-order valence-corrected chi connectivity index (χ3v) is 6.93. The van der Waals surface area contributed by atoms with Crippen LogP contribution in [0.1, 0.15) is 38.5 Å². The topological polar surface area (TPSA) is 78.8 Å². The molecule has 0 radical (unpaired) electrons. The van der Waals surface area contributed by atoms with Crippen LogP contribution in [0.25, 0.3) is 0 Å². The molecule has 0 rings (SSSR count). The fourth-order valence-electron chi connectivity index (χ4n) is 1.69. The molecule has 0 saturated heterocycles. The molecule has 0 atom stereocenters. The molecule has 0 spiro atoms. The van der Waals surface area contributed by atoms with Crippen molar-refractivity contribution < 1.29 is 31.1 Å². The first-order valence-corrected chi connectivity index (χ1v) is 11.6. The van der Waals surface area contributed by atoms with E-state index >= 15 is 0 Å². The van der Waals surface area contributed by atoms with Crippen molar-refractivity contribution in [2.75, 3.05) is 7.11 Å². The second-order valence-electron chi connectivity index (χ2n) is 5.64. The lowest BCUT2D eigenvalue weighted by molar-refractivity contribution is -0.218. The van der Waals surface area contributed by atoms with Gasteiger partial charge in [0.05, 0.1) is 0 Å². The molecule has 0 unspecified atom stereocenters. The van der Waals surface area contributed by atoms with E-state index in [2.05, 4.69) is 17.5 Å². The lowest BCUT2D eigenvalue weighted by Gasteiger charge is -2.19. The number of nitrogens with zero attached hydrogens (tertiary/aromatic N) is 1. The highest BCUT2D eigenvalue weighted by Gasteiger charge is 2.45. The summed E-state index contributed by atoms with van der Waals surface area (Å²) < 4.78 is 65.0. The Hall–Kier alpha value is -0.613. The average molecular weight is 362 g/mol. The number of rotatable bonds is 10. The van der Waals surface area contributed by atoms with E-state index < -0.39 is 29.7 Å². The minimum absolute atomic E-state index is 0.284. The van der Waals surface area contributed by atoms with Gasteiger partial charge in [-0.25, -0.2) is 0 Å². The molecule has 0 fully saturated rings. The molecule has 22 heavy (non-hydrogen) atoms. The summed E-state index contributed by atoms with van der Waals surface area (Å²) in [6, 6.07) is 1.03. The number of hydrogen-bond donors (Lipinski definition) is 0. The second-order valence-corrected chi connectivity index (χ2v) is 11.7. The lowest BCUT2D eigenvalue weighted by atomic mass is 10.1. The van der Waals surface area contributed by atoms with Crippen LogP contribution >= 0.6 is 0 Å². The molecular weight excluding hydrogens is 339 g/mol. The molecular formula is C12H23F3NO4SSi-. The van der Waals surface area contributed by atoms with Gasteiger partial charge in [-0.3, -0.25) is 0 Å². The van der Waals surface area contributed by atoms with Crippen LogP contribution in [0.5, 0.6) is 0 Å². The van der Waals surface area contributed by atoms with Crippen molar-refractivity contribution in [2.24, 2.45) is 4.40 Å². The van der Waals surface area contributed by atoms with E-state index in [1.54, 1.807) is 7.11 Å². The molecule has 0 amide bonds. The van der Waals surface area contributed by atoms with Crippen LogP contribution in [-0.4, -0.2) is 35.3 Å². The average Bonchev–Trinajstić information content (AvgIpc) is 2.35. The number of halogens is 3. The van der Waals surface area contributed by atoms with E-state index in [1.165, 1.54) is 0 Å². The molecule has 0 aliphatic carbocycles. The summed E-state index contributed by atoms with van der Waals surface area (Å²) in [7, 11) is -5.55. The Kier molecular flexibility index (Phi) is 8.63. The van der Waals surface area contributed by atoms with Crippen molar-refractivity contribution in [3.63, 3.8) is 0 Å². The maximum Gasteiger partial charge on any atom is 0.518 e. The standard InChI is InChI=1S/C12H24F3NO4SSi/c1-20-22(2,3)10-8-6-4-5-7-9-11(17)16-21(18,19)12(13,14)15/h4-10H2,1-3H3,(H,16,17)/p-1. The summed E-state index contributed by atoms with van der Waals surface area (Å²) >= 11 is 0. The molecule has 0 aromatic heterocycles. The van der Waals surface area contributed by atoms with Crippen molar-refractivity contribution >= 4 is 24.2 Å². The van der Waals surface area contributed by atoms with Gasteiger partial charge in [0.2, 0.25) is 0 Å². The largest absolute Gasteiger partial charge is 0.861 e. The van der Waals surface area contributed by atoms with Gasteiger partial charge in [-0.05, 0) is 37.9 Å². The zero-order valence-corrected chi connectivity index (χ0v) is 14.9.